The molecule has 0 spiro atoms. The van der Waals surface area contributed by atoms with Crippen LogP contribution in [0, 0.1) is 20.8 Å². The van der Waals surface area contributed by atoms with Gasteiger partial charge in [0.2, 0.25) is 5.91 Å². The van der Waals surface area contributed by atoms with Crippen LogP contribution >= 0.6 is 11.3 Å². The van der Waals surface area contributed by atoms with Crippen LogP contribution in [-0.2, 0) is 27.3 Å². The summed E-state index contributed by atoms with van der Waals surface area (Å²) < 4.78 is 6.60. The summed E-state index contributed by atoms with van der Waals surface area (Å²) in [5, 5.41) is 3.37. The Labute approximate surface area is 185 Å². The molecule has 3 rings (SSSR count). The Hall–Kier alpha value is -3.00. The zero-order chi connectivity index (χ0) is 22.4. The molecule has 1 amide bonds. The van der Waals surface area contributed by atoms with Crippen molar-refractivity contribution in [3.8, 4) is 0 Å². The number of nitrogens with zero attached hydrogens (tertiary/aromatic N) is 2. The van der Waals surface area contributed by atoms with Gasteiger partial charge in [0.1, 0.15) is 11.4 Å². The van der Waals surface area contributed by atoms with Crippen molar-refractivity contribution in [1.82, 2.24) is 14.9 Å². The van der Waals surface area contributed by atoms with E-state index in [1.54, 1.807) is 0 Å². The van der Waals surface area contributed by atoms with Gasteiger partial charge in [-0.05, 0) is 38.3 Å². The third-order valence-electron chi connectivity index (χ3n) is 5.16. The molecule has 7 nitrogen and oxygen atoms in total. The molecule has 164 valence electrons. The van der Waals surface area contributed by atoms with Crippen molar-refractivity contribution in [1.29, 1.82) is 0 Å². The first-order valence-electron chi connectivity index (χ1n) is 10.3. The Morgan fingerprint density at radius 2 is 1.87 bits per heavy atom. The minimum atomic E-state index is -0.417. The van der Waals surface area contributed by atoms with Gasteiger partial charge >= 0.3 is 5.97 Å². The molecule has 0 saturated heterocycles. The van der Waals surface area contributed by atoms with E-state index in [0.717, 1.165) is 20.8 Å². The van der Waals surface area contributed by atoms with Crippen molar-refractivity contribution in [2.24, 2.45) is 0 Å². The average Bonchev–Trinajstić information content (AvgIpc) is 3.04. The average molecular weight is 442 g/mol. The van der Waals surface area contributed by atoms with Gasteiger partial charge in [0.05, 0.1) is 24.7 Å². The molecule has 0 bridgehead atoms. The number of hydrogen-bond donors (Lipinski definition) is 1. The first kappa shape index (κ1) is 22.7. The highest BCUT2D eigenvalue weighted by molar-refractivity contribution is 7.18. The predicted molar refractivity (Wildman–Crippen MR) is 121 cm³/mol. The van der Waals surface area contributed by atoms with Crippen LogP contribution in [0.3, 0.4) is 0 Å². The molecule has 0 atom stereocenters. The van der Waals surface area contributed by atoms with Gasteiger partial charge in [-0.15, -0.1) is 11.3 Å². The van der Waals surface area contributed by atoms with E-state index in [-0.39, 0.29) is 37.6 Å². The van der Waals surface area contributed by atoms with Crippen LogP contribution in [0.1, 0.15) is 34.4 Å². The Bertz CT molecular complexity index is 1130. The van der Waals surface area contributed by atoms with Gasteiger partial charge in [0.15, 0.2) is 0 Å². The maximum atomic E-state index is 12.6. The van der Waals surface area contributed by atoms with Crippen molar-refractivity contribution in [2.75, 3.05) is 13.2 Å². The molecule has 3 aromatic rings. The minimum absolute atomic E-state index is 0.0661. The van der Waals surface area contributed by atoms with Crippen LogP contribution in [0.15, 0.2) is 35.4 Å². The molecule has 8 heteroatoms. The number of thiophene rings is 1. The van der Waals surface area contributed by atoms with Crippen molar-refractivity contribution >= 4 is 33.4 Å². The number of aryl methyl sites for hydroxylation is 5. The largest absolute Gasteiger partial charge is 0.464 e. The van der Waals surface area contributed by atoms with Crippen LogP contribution in [0.5, 0.6) is 0 Å². The maximum absolute atomic E-state index is 12.6. The van der Waals surface area contributed by atoms with Crippen molar-refractivity contribution in [2.45, 2.75) is 46.6 Å². The summed E-state index contributed by atoms with van der Waals surface area (Å²) in [6, 6.07) is 8.09. The number of aromatic nitrogens is 2. The topological polar surface area (TPSA) is 90.3 Å². The van der Waals surface area contributed by atoms with E-state index in [9.17, 15) is 14.4 Å². The number of ether oxygens (including phenoxy) is 1. The number of benzene rings is 1. The van der Waals surface area contributed by atoms with Crippen LogP contribution in [0.2, 0.25) is 0 Å². The van der Waals surface area contributed by atoms with Crippen LogP contribution in [-0.4, -0.2) is 34.6 Å². The van der Waals surface area contributed by atoms with Gasteiger partial charge in [-0.25, -0.2) is 4.98 Å². The molecule has 0 fully saturated rings. The fourth-order valence-electron chi connectivity index (χ4n) is 3.17. The van der Waals surface area contributed by atoms with E-state index in [4.69, 9.17) is 4.74 Å². The molecule has 2 aromatic heterocycles. The van der Waals surface area contributed by atoms with Crippen molar-refractivity contribution in [3.05, 3.63) is 62.5 Å². The zero-order valence-corrected chi connectivity index (χ0v) is 18.9. The van der Waals surface area contributed by atoms with Crippen LogP contribution < -0.4 is 10.9 Å². The molecular weight excluding hydrogens is 414 g/mol. The highest BCUT2D eigenvalue weighted by atomic mass is 32.1. The highest BCUT2D eigenvalue weighted by Gasteiger charge is 2.13. The standard InChI is InChI=1S/C23H27N3O4S/c1-15-4-6-18(7-5-15)8-9-19(27)24-11-13-30-20(28)10-12-26-14-25-22-21(23(26)29)16(2)17(3)31-22/h4-7,14H,8-13H2,1-3H3,(H,24,27). The number of esters is 1. The highest BCUT2D eigenvalue weighted by Crippen LogP contribution is 2.25. The molecular formula is C23H27N3O4S. The monoisotopic (exact) mass is 441 g/mol. The van der Waals surface area contributed by atoms with E-state index in [2.05, 4.69) is 10.3 Å². The van der Waals surface area contributed by atoms with Crippen LogP contribution in [0.25, 0.3) is 10.2 Å². The third-order valence-corrected chi connectivity index (χ3v) is 6.28. The predicted octanol–water partition coefficient (Wildman–Crippen LogP) is 3.07. The number of amides is 1. The van der Waals surface area contributed by atoms with Gasteiger partial charge in [-0.2, -0.15) is 0 Å². The minimum Gasteiger partial charge on any atom is -0.464 e. The number of rotatable bonds is 9. The summed E-state index contributed by atoms with van der Waals surface area (Å²) in [5.74, 6) is -0.497. The van der Waals surface area contributed by atoms with Crippen molar-refractivity contribution < 1.29 is 14.3 Å². The maximum Gasteiger partial charge on any atom is 0.307 e. The van der Waals surface area contributed by atoms with E-state index >= 15 is 0 Å². The first-order valence-corrected chi connectivity index (χ1v) is 11.1. The molecule has 1 N–H and O–H groups in total. The molecule has 0 radical (unpaired) electrons. The molecule has 1 aromatic carbocycles. The number of carbonyl (C=O) groups is 2. The van der Waals surface area contributed by atoms with Gasteiger partial charge in [-0.3, -0.25) is 19.0 Å². The summed E-state index contributed by atoms with van der Waals surface area (Å²) in [4.78, 5) is 42.6. The lowest BCUT2D eigenvalue weighted by Gasteiger charge is -2.08. The fraction of sp³-hybridized carbons (Fsp3) is 0.391. The Kier molecular flexibility index (Phi) is 7.57. The molecule has 0 aliphatic rings. The second kappa shape index (κ2) is 10.3. The van der Waals surface area contributed by atoms with Gasteiger partial charge in [0.25, 0.3) is 5.56 Å². The number of nitrogens with one attached hydrogen (secondary N) is 1. The lowest BCUT2D eigenvalue weighted by Crippen LogP contribution is -2.28. The summed E-state index contributed by atoms with van der Waals surface area (Å²) >= 11 is 1.49. The third kappa shape index (κ3) is 6.01. The second-order valence-corrected chi connectivity index (χ2v) is 8.72. The first-order chi connectivity index (χ1) is 14.8. The van der Waals surface area contributed by atoms with Gasteiger partial charge in [0, 0.05) is 17.8 Å². The number of hydrogen-bond acceptors (Lipinski definition) is 6. The normalized spacial score (nSPS) is 10.9. The van der Waals surface area contributed by atoms with Gasteiger partial charge < -0.3 is 10.1 Å². The Morgan fingerprint density at radius 3 is 2.61 bits per heavy atom. The van der Waals surface area contributed by atoms with Gasteiger partial charge in [-0.1, -0.05) is 29.8 Å². The molecule has 2 heterocycles. The summed E-state index contributed by atoms with van der Waals surface area (Å²) in [6.07, 6.45) is 2.59. The smallest absolute Gasteiger partial charge is 0.307 e. The van der Waals surface area contributed by atoms with Crippen molar-refractivity contribution in [3.63, 3.8) is 0 Å². The van der Waals surface area contributed by atoms with E-state index in [0.29, 0.717) is 18.2 Å². The zero-order valence-electron chi connectivity index (χ0n) is 18.1. The lowest BCUT2D eigenvalue weighted by molar-refractivity contribution is -0.144. The Morgan fingerprint density at radius 1 is 1.13 bits per heavy atom. The summed E-state index contributed by atoms with van der Waals surface area (Å²) in [7, 11) is 0. The number of carbonyl (C=O) groups excluding carboxylic acids is 2. The lowest BCUT2D eigenvalue weighted by atomic mass is 10.1. The molecule has 0 saturated carbocycles. The molecule has 0 aliphatic carbocycles. The van der Waals surface area contributed by atoms with E-state index in [1.165, 1.54) is 27.8 Å². The number of fused-ring (bicyclic) bond motifs is 1. The fourth-order valence-corrected chi connectivity index (χ4v) is 4.16. The SMILES string of the molecule is Cc1ccc(CCC(=O)NCCOC(=O)CCn2cnc3sc(C)c(C)c3c2=O)cc1. The summed E-state index contributed by atoms with van der Waals surface area (Å²) in [6.45, 7) is 6.47. The summed E-state index contributed by atoms with van der Waals surface area (Å²) in [5.41, 5.74) is 3.10. The van der Waals surface area contributed by atoms with E-state index < -0.39 is 5.97 Å². The quantitative estimate of drug-likeness (QED) is 0.407. The molecule has 31 heavy (non-hydrogen) atoms. The molecule has 0 aliphatic heterocycles. The molecule has 0 unspecified atom stereocenters. The second-order valence-electron chi connectivity index (χ2n) is 7.51. The van der Waals surface area contributed by atoms with Crippen LogP contribution in [0.4, 0.5) is 0 Å². The van der Waals surface area contributed by atoms with E-state index in [1.807, 2.05) is 45.0 Å². The Balaban J connectivity index is 1.37.